The maximum absolute atomic E-state index is 12.8. The van der Waals surface area contributed by atoms with E-state index in [4.69, 9.17) is 4.74 Å². The van der Waals surface area contributed by atoms with Crippen molar-refractivity contribution in [2.45, 2.75) is 30.9 Å². The molecule has 0 amide bonds. The third-order valence-corrected chi connectivity index (χ3v) is 5.25. The first-order chi connectivity index (χ1) is 8.43. The van der Waals surface area contributed by atoms with Crippen molar-refractivity contribution in [2.24, 2.45) is 0 Å². The molecule has 1 aromatic rings. The molecule has 18 heavy (non-hydrogen) atoms. The second kappa shape index (κ2) is 4.95. The van der Waals surface area contributed by atoms with E-state index in [1.165, 1.54) is 16.4 Å². The summed E-state index contributed by atoms with van der Waals surface area (Å²) in [6, 6.07) is 4.66. The number of rotatable bonds is 2. The average Bonchev–Trinajstić information content (AvgIpc) is 2.33. The van der Waals surface area contributed by atoms with Gasteiger partial charge in [-0.3, -0.25) is 0 Å². The fourth-order valence-corrected chi connectivity index (χ4v) is 3.66. The summed E-state index contributed by atoms with van der Waals surface area (Å²) in [6.07, 6.45) is -0.144. The summed E-state index contributed by atoms with van der Waals surface area (Å²) in [7, 11) is -3.57. The fraction of sp³-hybridized carbons (Fsp3) is 0.500. The Labute approximate surface area is 106 Å². The molecule has 4 nitrogen and oxygen atoms in total. The number of hydrogen-bond acceptors (Lipinski definition) is 3. The van der Waals surface area contributed by atoms with Crippen molar-refractivity contribution >= 4 is 10.0 Å². The standard InChI is InChI=1S/C12H16FNO3S/c1-9-10(2)17-8-7-14(9)18(15,16)12-5-3-11(13)4-6-12/h3-6,9-10H,7-8H2,1-2H3. The van der Waals surface area contributed by atoms with Gasteiger partial charge >= 0.3 is 0 Å². The smallest absolute Gasteiger partial charge is 0.243 e. The normalized spacial score (nSPS) is 26.2. The molecular weight excluding hydrogens is 257 g/mol. The highest BCUT2D eigenvalue weighted by Gasteiger charge is 2.35. The topological polar surface area (TPSA) is 46.6 Å². The van der Waals surface area contributed by atoms with Crippen LogP contribution >= 0.6 is 0 Å². The van der Waals surface area contributed by atoms with Crippen LogP contribution in [0.5, 0.6) is 0 Å². The van der Waals surface area contributed by atoms with E-state index in [2.05, 4.69) is 0 Å². The Kier molecular flexibility index (Phi) is 3.70. The molecule has 0 aromatic heterocycles. The van der Waals surface area contributed by atoms with Crippen LogP contribution in [0.15, 0.2) is 29.2 Å². The Balaban J connectivity index is 2.33. The highest BCUT2D eigenvalue weighted by atomic mass is 32.2. The van der Waals surface area contributed by atoms with E-state index in [0.29, 0.717) is 13.2 Å². The zero-order chi connectivity index (χ0) is 13.3. The molecule has 1 aliphatic heterocycles. The maximum atomic E-state index is 12.8. The van der Waals surface area contributed by atoms with Crippen LogP contribution in [0.3, 0.4) is 0 Å². The van der Waals surface area contributed by atoms with Gasteiger partial charge in [0.05, 0.1) is 17.6 Å². The van der Waals surface area contributed by atoms with E-state index in [-0.39, 0.29) is 17.0 Å². The lowest BCUT2D eigenvalue weighted by Crippen LogP contribution is -2.51. The molecule has 2 rings (SSSR count). The van der Waals surface area contributed by atoms with Crippen molar-refractivity contribution in [3.8, 4) is 0 Å². The van der Waals surface area contributed by atoms with Crippen LogP contribution in [0.1, 0.15) is 13.8 Å². The lowest BCUT2D eigenvalue weighted by Gasteiger charge is -2.36. The Morgan fingerprint density at radius 2 is 1.89 bits per heavy atom. The summed E-state index contributed by atoms with van der Waals surface area (Å²) in [4.78, 5) is 0.116. The van der Waals surface area contributed by atoms with Gasteiger partial charge in [-0.2, -0.15) is 4.31 Å². The van der Waals surface area contributed by atoms with E-state index in [9.17, 15) is 12.8 Å². The number of benzene rings is 1. The fourth-order valence-electron chi connectivity index (χ4n) is 1.99. The summed E-state index contributed by atoms with van der Waals surface area (Å²) in [5, 5.41) is 0. The van der Waals surface area contributed by atoms with Gasteiger partial charge in [0.15, 0.2) is 0 Å². The van der Waals surface area contributed by atoms with Gasteiger partial charge in [0.2, 0.25) is 10.0 Å². The quantitative estimate of drug-likeness (QED) is 0.822. The molecule has 0 radical (unpaired) electrons. The van der Waals surface area contributed by atoms with E-state index in [0.717, 1.165) is 12.1 Å². The van der Waals surface area contributed by atoms with Crippen LogP contribution in [-0.4, -0.2) is 38.0 Å². The lowest BCUT2D eigenvalue weighted by atomic mass is 10.2. The van der Waals surface area contributed by atoms with Gasteiger partial charge in [-0.25, -0.2) is 12.8 Å². The molecule has 0 bridgehead atoms. The lowest BCUT2D eigenvalue weighted by molar-refractivity contribution is -0.0232. The molecule has 1 aromatic carbocycles. The average molecular weight is 273 g/mol. The van der Waals surface area contributed by atoms with Crippen LogP contribution in [0.4, 0.5) is 4.39 Å². The molecule has 0 saturated carbocycles. The summed E-state index contributed by atoms with van der Waals surface area (Å²) in [5.74, 6) is -0.447. The molecule has 2 atom stereocenters. The zero-order valence-electron chi connectivity index (χ0n) is 10.3. The number of morpholine rings is 1. The molecule has 6 heteroatoms. The summed E-state index contributed by atoms with van der Waals surface area (Å²) < 4.78 is 44.4. The van der Waals surface area contributed by atoms with Crippen LogP contribution in [0, 0.1) is 5.82 Å². The highest BCUT2D eigenvalue weighted by molar-refractivity contribution is 7.89. The number of hydrogen-bond donors (Lipinski definition) is 0. The van der Waals surface area contributed by atoms with E-state index >= 15 is 0 Å². The van der Waals surface area contributed by atoms with Crippen molar-refractivity contribution in [2.75, 3.05) is 13.2 Å². The Morgan fingerprint density at radius 3 is 2.50 bits per heavy atom. The van der Waals surface area contributed by atoms with E-state index in [1.807, 2.05) is 13.8 Å². The first-order valence-electron chi connectivity index (χ1n) is 5.82. The van der Waals surface area contributed by atoms with E-state index in [1.54, 1.807) is 0 Å². The van der Waals surface area contributed by atoms with Gasteiger partial charge in [0.25, 0.3) is 0 Å². The van der Waals surface area contributed by atoms with Gasteiger partial charge in [-0.1, -0.05) is 0 Å². The number of ether oxygens (including phenoxy) is 1. The van der Waals surface area contributed by atoms with Crippen molar-refractivity contribution in [3.63, 3.8) is 0 Å². The molecule has 100 valence electrons. The predicted molar refractivity (Wildman–Crippen MR) is 65.2 cm³/mol. The SMILES string of the molecule is CC1OCCN(S(=O)(=O)c2ccc(F)cc2)C1C. The van der Waals surface area contributed by atoms with Crippen molar-refractivity contribution < 1.29 is 17.5 Å². The predicted octanol–water partition coefficient (Wildman–Crippen LogP) is 1.62. The van der Waals surface area contributed by atoms with Crippen LogP contribution < -0.4 is 0 Å². The first-order valence-corrected chi connectivity index (χ1v) is 7.26. The molecule has 1 heterocycles. The second-order valence-electron chi connectivity index (χ2n) is 4.39. The minimum Gasteiger partial charge on any atom is -0.375 e. The zero-order valence-corrected chi connectivity index (χ0v) is 11.2. The van der Waals surface area contributed by atoms with Gasteiger partial charge in [0, 0.05) is 12.6 Å². The Bertz CT molecular complexity index is 515. The number of nitrogens with zero attached hydrogens (tertiary/aromatic N) is 1. The maximum Gasteiger partial charge on any atom is 0.243 e. The van der Waals surface area contributed by atoms with Gasteiger partial charge in [0.1, 0.15) is 5.82 Å². The third-order valence-electron chi connectivity index (χ3n) is 3.25. The molecule has 0 N–H and O–H groups in total. The minimum absolute atomic E-state index is 0.116. The largest absolute Gasteiger partial charge is 0.375 e. The molecule has 0 aliphatic carbocycles. The van der Waals surface area contributed by atoms with Gasteiger partial charge in [-0.05, 0) is 38.1 Å². The van der Waals surface area contributed by atoms with Crippen LogP contribution in [-0.2, 0) is 14.8 Å². The van der Waals surface area contributed by atoms with Crippen molar-refractivity contribution in [1.82, 2.24) is 4.31 Å². The number of halogens is 1. The van der Waals surface area contributed by atoms with Crippen molar-refractivity contribution in [1.29, 1.82) is 0 Å². The van der Waals surface area contributed by atoms with Gasteiger partial charge in [-0.15, -0.1) is 0 Å². The van der Waals surface area contributed by atoms with Gasteiger partial charge < -0.3 is 4.74 Å². The molecule has 1 aliphatic rings. The van der Waals surface area contributed by atoms with Crippen LogP contribution in [0.25, 0.3) is 0 Å². The molecule has 2 unspecified atom stereocenters. The second-order valence-corrected chi connectivity index (χ2v) is 6.28. The Morgan fingerprint density at radius 1 is 1.28 bits per heavy atom. The monoisotopic (exact) mass is 273 g/mol. The first kappa shape index (κ1) is 13.5. The number of sulfonamides is 1. The van der Waals surface area contributed by atoms with Crippen molar-refractivity contribution in [3.05, 3.63) is 30.1 Å². The summed E-state index contributed by atoms with van der Waals surface area (Å²) in [6.45, 7) is 4.36. The van der Waals surface area contributed by atoms with E-state index < -0.39 is 15.8 Å². The summed E-state index contributed by atoms with van der Waals surface area (Å²) >= 11 is 0. The molecule has 1 saturated heterocycles. The third kappa shape index (κ3) is 2.41. The molecule has 1 fully saturated rings. The molecule has 0 spiro atoms. The summed E-state index contributed by atoms with van der Waals surface area (Å²) in [5.41, 5.74) is 0. The molecular formula is C12H16FNO3S. The Hall–Kier alpha value is -0.980. The minimum atomic E-state index is -3.57. The van der Waals surface area contributed by atoms with Crippen LogP contribution in [0.2, 0.25) is 0 Å². The highest BCUT2D eigenvalue weighted by Crippen LogP contribution is 2.23.